The Hall–Kier alpha value is -3.15. The van der Waals surface area contributed by atoms with Gasteiger partial charge in [0.05, 0.1) is 11.4 Å². The number of anilines is 1. The maximum absolute atomic E-state index is 12.1. The number of amides is 1. The number of nitrogens with zero attached hydrogens (tertiary/aromatic N) is 2. The monoisotopic (exact) mass is 321 g/mol. The Morgan fingerprint density at radius 2 is 2.00 bits per heavy atom. The van der Waals surface area contributed by atoms with Crippen molar-refractivity contribution in [3.63, 3.8) is 0 Å². The Bertz CT molecular complexity index is 796. The van der Waals surface area contributed by atoms with Crippen molar-refractivity contribution in [1.29, 1.82) is 0 Å². The molecule has 1 amide bonds. The molecule has 6 heteroatoms. The van der Waals surface area contributed by atoms with Crippen molar-refractivity contribution < 1.29 is 4.79 Å². The molecule has 0 radical (unpaired) electrons. The van der Waals surface area contributed by atoms with Crippen LogP contribution in [0.5, 0.6) is 0 Å². The second-order valence-corrected chi connectivity index (χ2v) is 5.46. The van der Waals surface area contributed by atoms with Crippen LogP contribution >= 0.6 is 0 Å². The summed E-state index contributed by atoms with van der Waals surface area (Å²) in [4.78, 5) is 16.2. The van der Waals surface area contributed by atoms with Gasteiger partial charge in [0.1, 0.15) is 5.69 Å². The molecule has 6 nitrogen and oxygen atoms in total. The van der Waals surface area contributed by atoms with Gasteiger partial charge in [-0.05, 0) is 25.1 Å². The lowest BCUT2D eigenvalue weighted by Gasteiger charge is -2.06. The van der Waals surface area contributed by atoms with Crippen molar-refractivity contribution >= 4 is 11.6 Å². The minimum atomic E-state index is -0.172. The van der Waals surface area contributed by atoms with Crippen molar-refractivity contribution in [3.8, 4) is 11.3 Å². The summed E-state index contributed by atoms with van der Waals surface area (Å²) >= 11 is 0. The first-order chi connectivity index (χ1) is 11.7. The maximum Gasteiger partial charge on any atom is 0.269 e. The molecule has 0 bridgehead atoms. The van der Waals surface area contributed by atoms with E-state index in [1.54, 1.807) is 18.5 Å². The molecule has 0 spiro atoms. The quantitative estimate of drug-likeness (QED) is 0.610. The average Bonchev–Trinajstić information content (AvgIpc) is 3.10. The number of pyridine rings is 1. The second-order valence-electron chi connectivity index (χ2n) is 5.46. The van der Waals surface area contributed by atoms with Gasteiger partial charge in [-0.1, -0.05) is 29.8 Å². The van der Waals surface area contributed by atoms with Crippen molar-refractivity contribution in [2.24, 2.45) is 0 Å². The second kappa shape index (κ2) is 7.41. The van der Waals surface area contributed by atoms with E-state index in [2.05, 4.69) is 25.8 Å². The van der Waals surface area contributed by atoms with Crippen molar-refractivity contribution in [2.75, 3.05) is 18.4 Å². The summed E-state index contributed by atoms with van der Waals surface area (Å²) in [7, 11) is 0. The maximum atomic E-state index is 12.1. The molecule has 0 atom stereocenters. The molecule has 3 rings (SSSR count). The Morgan fingerprint density at radius 3 is 2.75 bits per heavy atom. The third-order valence-corrected chi connectivity index (χ3v) is 3.57. The number of H-pyrrole nitrogens is 1. The van der Waals surface area contributed by atoms with E-state index in [4.69, 9.17) is 0 Å². The third-order valence-electron chi connectivity index (χ3n) is 3.57. The lowest BCUT2D eigenvalue weighted by Crippen LogP contribution is -2.29. The molecule has 0 aliphatic rings. The summed E-state index contributed by atoms with van der Waals surface area (Å²) in [6.45, 7) is 3.16. The van der Waals surface area contributed by atoms with Gasteiger partial charge in [-0.15, -0.1) is 0 Å². The largest absolute Gasteiger partial charge is 0.382 e. The van der Waals surface area contributed by atoms with Gasteiger partial charge < -0.3 is 10.6 Å². The van der Waals surface area contributed by atoms with Crippen LogP contribution in [0.1, 0.15) is 16.1 Å². The van der Waals surface area contributed by atoms with Crippen LogP contribution in [0.4, 0.5) is 5.69 Å². The van der Waals surface area contributed by atoms with Gasteiger partial charge in [0.15, 0.2) is 0 Å². The van der Waals surface area contributed by atoms with Crippen LogP contribution in [0.25, 0.3) is 11.3 Å². The van der Waals surface area contributed by atoms with Crippen molar-refractivity contribution in [2.45, 2.75) is 6.92 Å². The molecule has 0 saturated heterocycles. The summed E-state index contributed by atoms with van der Waals surface area (Å²) in [5.41, 5.74) is 4.30. The average molecular weight is 321 g/mol. The van der Waals surface area contributed by atoms with Gasteiger partial charge in [-0.2, -0.15) is 5.10 Å². The number of hydrogen-bond acceptors (Lipinski definition) is 4. The molecule has 3 aromatic rings. The Morgan fingerprint density at radius 1 is 1.17 bits per heavy atom. The van der Waals surface area contributed by atoms with Crippen molar-refractivity contribution in [1.82, 2.24) is 20.5 Å². The number of hydrogen-bond donors (Lipinski definition) is 3. The molecule has 2 heterocycles. The fourth-order valence-corrected chi connectivity index (χ4v) is 2.26. The number of aromatic nitrogens is 3. The summed E-state index contributed by atoms with van der Waals surface area (Å²) < 4.78 is 0. The highest BCUT2D eigenvalue weighted by Crippen LogP contribution is 2.18. The minimum Gasteiger partial charge on any atom is -0.382 e. The minimum absolute atomic E-state index is 0.172. The van der Waals surface area contributed by atoms with E-state index < -0.39 is 0 Å². The molecule has 0 saturated carbocycles. The fourth-order valence-electron chi connectivity index (χ4n) is 2.26. The number of aryl methyl sites for hydroxylation is 1. The number of rotatable bonds is 6. The fraction of sp³-hybridized carbons (Fsp3) is 0.167. The van der Waals surface area contributed by atoms with E-state index >= 15 is 0 Å². The molecule has 2 aromatic heterocycles. The van der Waals surface area contributed by atoms with Crippen LogP contribution in [0, 0.1) is 6.92 Å². The molecule has 0 fully saturated rings. The molecular formula is C18H19N5O. The van der Waals surface area contributed by atoms with Crippen LogP contribution in [-0.2, 0) is 0 Å². The van der Waals surface area contributed by atoms with E-state index in [1.165, 1.54) is 5.56 Å². The summed E-state index contributed by atoms with van der Waals surface area (Å²) in [5, 5.41) is 13.0. The third kappa shape index (κ3) is 3.98. The van der Waals surface area contributed by atoms with E-state index in [0.717, 1.165) is 16.9 Å². The van der Waals surface area contributed by atoms with Crippen LogP contribution in [-0.4, -0.2) is 34.2 Å². The number of aromatic amines is 1. The number of nitrogens with one attached hydrogen (secondary N) is 3. The highest BCUT2D eigenvalue weighted by molar-refractivity contribution is 5.93. The van der Waals surface area contributed by atoms with Gasteiger partial charge in [-0.25, -0.2) is 0 Å². The van der Waals surface area contributed by atoms with Gasteiger partial charge in [0.25, 0.3) is 5.91 Å². The molecule has 0 aliphatic heterocycles. The standard InChI is InChI=1S/C18H19N5O/c1-13-4-6-14(7-5-13)16-11-17(23-22-16)18(24)21-10-9-20-15-3-2-8-19-12-15/h2-8,11-12,20H,9-10H2,1H3,(H,21,24)(H,22,23). The van der Waals surface area contributed by atoms with Crippen molar-refractivity contribution in [3.05, 3.63) is 66.1 Å². The first-order valence-corrected chi connectivity index (χ1v) is 7.77. The van der Waals surface area contributed by atoms with Gasteiger partial charge in [-0.3, -0.25) is 14.9 Å². The van der Waals surface area contributed by atoms with E-state index in [9.17, 15) is 4.79 Å². The zero-order valence-corrected chi connectivity index (χ0v) is 13.4. The van der Waals surface area contributed by atoms with Crippen LogP contribution in [0.3, 0.4) is 0 Å². The molecule has 1 aromatic carbocycles. The van der Waals surface area contributed by atoms with Gasteiger partial charge in [0, 0.05) is 31.0 Å². The topological polar surface area (TPSA) is 82.7 Å². The molecule has 0 unspecified atom stereocenters. The van der Waals surface area contributed by atoms with Gasteiger partial charge >= 0.3 is 0 Å². The molecular weight excluding hydrogens is 302 g/mol. The summed E-state index contributed by atoms with van der Waals surface area (Å²) in [6.07, 6.45) is 3.46. The Kier molecular flexibility index (Phi) is 4.86. The highest BCUT2D eigenvalue weighted by Gasteiger charge is 2.10. The van der Waals surface area contributed by atoms with E-state index in [-0.39, 0.29) is 5.91 Å². The SMILES string of the molecule is Cc1ccc(-c2cc(C(=O)NCCNc3cccnc3)[nH]n2)cc1. The Labute approximate surface area is 140 Å². The van der Waals surface area contributed by atoms with E-state index in [0.29, 0.717) is 18.8 Å². The number of carbonyl (C=O) groups excluding carboxylic acids is 1. The summed E-state index contributed by atoms with van der Waals surface area (Å²) in [6, 6.07) is 13.6. The summed E-state index contributed by atoms with van der Waals surface area (Å²) in [5.74, 6) is -0.172. The molecule has 3 N–H and O–H groups in total. The van der Waals surface area contributed by atoms with Gasteiger partial charge in [0.2, 0.25) is 0 Å². The van der Waals surface area contributed by atoms with Crippen LogP contribution in [0.2, 0.25) is 0 Å². The Balaban J connectivity index is 1.51. The number of benzene rings is 1. The zero-order valence-electron chi connectivity index (χ0n) is 13.4. The zero-order chi connectivity index (χ0) is 16.8. The lowest BCUT2D eigenvalue weighted by molar-refractivity contribution is 0.0950. The lowest BCUT2D eigenvalue weighted by atomic mass is 10.1. The predicted octanol–water partition coefficient (Wildman–Crippen LogP) is 2.62. The van der Waals surface area contributed by atoms with E-state index in [1.807, 2.05) is 43.3 Å². The molecule has 0 aliphatic carbocycles. The smallest absolute Gasteiger partial charge is 0.269 e. The first kappa shape index (κ1) is 15.7. The molecule has 122 valence electrons. The predicted molar refractivity (Wildman–Crippen MR) is 93.8 cm³/mol. The highest BCUT2D eigenvalue weighted by atomic mass is 16.1. The normalized spacial score (nSPS) is 10.4. The van der Waals surface area contributed by atoms with Crippen LogP contribution < -0.4 is 10.6 Å². The number of carbonyl (C=O) groups is 1. The molecule has 24 heavy (non-hydrogen) atoms. The first-order valence-electron chi connectivity index (χ1n) is 7.77. The van der Waals surface area contributed by atoms with Crippen LogP contribution in [0.15, 0.2) is 54.9 Å².